The fourth-order valence-electron chi connectivity index (χ4n) is 2.35. The van der Waals surface area contributed by atoms with Crippen LogP contribution in [0.2, 0.25) is 0 Å². The van der Waals surface area contributed by atoms with Crippen molar-refractivity contribution in [3.8, 4) is 0 Å². The van der Waals surface area contributed by atoms with Gasteiger partial charge in [0.15, 0.2) is 0 Å². The molecule has 2 aromatic heterocycles. The zero-order valence-electron chi connectivity index (χ0n) is 13.0. The van der Waals surface area contributed by atoms with Gasteiger partial charge in [-0.3, -0.25) is 4.31 Å². The Kier molecular flexibility index (Phi) is 4.06. The van der Waals surface area contributed by atoms with Crippen molar-refractivity contribution in [1.82, 2.24) is 13.7 Å². The molecule has 0 spiro atoms. The highest BCUT2D eigenvalue weighted by atomic mass is 32.2. The van der Waals surface area contributed by atoms with E-state index >= 15 is 0 Å². The summed E-state index contributed by atoms with van der Waals surface area (Å²) in [6.45, 7) is 0.204. The molecule has 7 heteroatoms. The van der Waals surface area contributed by atoms with Crippen LogP contribution < -0.4 is 4.31 Å². The van der Waals surface area contributed by atoms with E-state index in [1.54, 1.807) is 18.3 Å². The molecule has 2 heterocycles. The molecule has 0 saturated carbocycles. The largest absolute Gasteiger partial charge is 0.303 e. The van der Waals surface area contributed by atoms with Crippen LogP contribution in [0.3, 0.4) is 0 Å². The summed E-state index contributed by atoms with van der Waals surface area (Å²) in [6, 6.07) is 14.7. The monoisotopic (exact) mass is 330 g/mol. The molecule has 0 aliphatic heterocycles. The Morgan fingerprint density at radius 3 is 2.43 bits per heavy atom. The molecule has 1 aromatic carbocycles. The number of para-hydroxylation sites is 1. The quantitative estimate of drug-likeness (QED) is 0.720. The third-order valence-electron chi connectivity index (χ3n) is 3.58. The summed E-state index contributed by atoms with van der Waals surface area (Å²) in [5.74, 6) is 0. The lowest BCUT2D eigenvalue weighted by molar-refractivity contribution is 0.514. The molecule has 0 fully saturated rings. The first kappa shape index (κ1) is 15.5. The maximum atomic E-state index is 12.7. The average Bonchev–Trinajstić information content (AvgIpc) is 2.96. The minimum atomic E-state index is -3.61. The number of nitrogens with zero attached hydrogens (tertiary/aromatic N) is 4. The second kappa shape index (κ2) is 6.02. The highest BCUT2D eigenvalue weighted by molar-refractivity contribution is 7.90. The summed E-state index contributed by atoms with van der Waals surface area (Å²) < 4.78 is 29.9. The van der Waals surface area contributed by atoms with E-state index in [1.165, 1.54) is 22.7 Å². The number of pyridine rings is 1. The van der Waals surface area contributed by atoms with Crippen molar-refractivity contribution in [2.45, 2.75) is 6.54 Å². The van der Waals surface area contributed by atoms with Gasteiger partial charge in [0.25, 0.3) is 0 Å². The lowest BCUT2D eigenvalue weighted by Gasteiger charge is -2.27. The van der Waals surface area contributed by atoms with Crippen molar-refractivity contribution in [3.63, 3.8) is 0 Å². The van der Waals surface area contributed by atoms with Crippen LogP contribution in [0.5, 0.6) is 0 Å². The van der Waals surface area contributed by atoms with E-state index in [9.17, 15) is 8.42 Å². The Labute approximate surface area is 135 Å². The van der Waals surface area contributed by atoms with Crippen molar-refractivity contribution in [3.05, 3.63) is 66.6 Å². The molecule has 0 bridgehead atoms. The van der Waals surface area contributed by atoms with E-state index in [2.05, 4.69) is 4.98 Å². The Bertz CT molecular complexity index is 904. The van der Waals surface area contributed by atoms with Crippen molar-refractivity contribution in [1.29, 1.82) is 0 Å². The van der Waals surface area contributed by atoms with E-state index in [-0.39, 0.29) is 6.54 Å². The molecule has 120 valence electrons. The SMILES string of the molecule is CN(C)S(=O)(=O)N(Cc1cnc2ccccn12)c1ccccc1. The first-order valence-electron chi connectivity index (χ1n) is 7.16. The lowest BCUT2D eigenvalue weighted by atomic mass is 10.3. The average molecular weight is 330 g/mol. The number of benzene rings is 1. The van der Waals surface area contributed by atoms with Gasteiger partial charge in [-0.2, -0.15) is 12.7 Å². The van der Waals surface area contributed by atoms with Gasteiger partial charge in [0.1, 0.15) is 5.65 Å². The molecule has 3 rings (SSSR count). The summed E-state index contributed by atoms with van der Waals surface area (Å²) in [4.78, 5) is 4.32. The standard InChI is InChI=1S/C16H18N4O2S/c1-18(2)23(21,22)20(14-8-4-3-5-9-14)13-15-12-17-16-10-6-7-11-19(15)16/h3-12H,13H2,1-2H3. The molecule has 3 aromatic rings. The Morgan fingerprint density at radius 2 is 1.74 bits per heavy atom. The van der Waals surface area contributed by atoms with Crippen LogP contribution in [0.15, 0.2) is 60.9 Å². The van der Waals surface area contributed by atoms with Crippen molar-refractivity contribution >= 4 is 21.5 Å². The van der Waals surface area contributed by atoms with Gasteiger partial charge in [-0.1, -0.05) is 24.3 Å². The van der Waals surface area contributed by atoms with Crippen LogP contribution in [0.25, 0.3) is 5.65 Å². The molecule has 0 aliphatic carbocycles. The molecule has 23 heavy (non-hydrogen) atoms. The zero-order valence-corrected chi connectivity index (χ0v) is 13.8. The molecular weight excluding hydrogens is 312 g/mol. The Balaban J connectivity index is 2.06. The summed E-state index contributed by atoms with van der Waals surface area (Å²) in [6.07, 6.45) is 3.58. The summed E-state index contributed by atoms with van der Waals surface area (Å²) in [5.41, 5.74) is 2.21. The van der Waals surface area contributed by atoms with Crippen LogP contribution in [0.1, 0.15) is 5.69 Å². The highest BCUT2D eigenvalue weighted by Crippen LogP contribution is 2.22. The van der Waals surface area contributed by atoms with E-state index < -0.39 is 10.2 Å². The molecule has 0 radical (unpaired) electrons. The topological polar surface area (TPSA) is 57.9 Å². The van der Waals surface area contributed by atoms with Gasteiger partial charge in [0.05, 0.1) is 24.1 Å². The third-order valence-corrected chi connectivity index (χ3v) is 5.40. The van der Waals surface area contributed by atoms with Crippen molar-refractivity contribution in [2.75, 3.05) is 18.4 Å². The first-order valence-corrected chi connectivity index (χ1v) is 8.56. The van der Waals surface area contributed by atoms with Crippen LogP contribution in [-0.4, -0.2) is 36.2 Å². The first-order chi connectivity index (χ1) is 11.0. The Morgan fingerprint density at radius 1 is 1.04 bits per heavy atom. The maximum Gasteiger partial charge on any atom is 0.303 e. The molecule has 0 atom stereocenters. The van der Waals surface area contributed by atoms with E-state index in [4.69, 9.17) is 0 Å². The van der Waals surface area contributed by atoms with E-state index in [0.29, 0.717) is 5.69 Å². The second-order valence-corrected chi connectivity index (χ2v) is 7.38. The number of aromatic nitrogens is 2. The fraction of sp³-hybridized carbons (Fsp3) is 0.188. The van der Waals surface area contributed by atoms with Gasteiger partial charge in [0, 0.05) is 20.3 Å². The maximum absolute atomic E-state index is 12.7. The van der Waals surface area contributed by atoms with Crippen LogP contribution in [0, 0.1) is 0 Å². The van der Waals surface area contributed by atoms with Crippen molar-refractivity contribution < 1.29 is 8.42 Å². The molecule has 0 unspecified atom stereocenters. The van der Waals surface area contributed by atoms with Crippen molar-refractivity contribution in [2.24, 2.45) is 0 Å². The van der Waals surface area contributed by atoms with Gasteiger partial charge in [-0.05, 0) is 24.3 Å². The smallest absolute Gasteiger partial charge is 0.302 e. The molecule has 0 aliphatic rings. The fourth-order valence-corrected chi connectivity index (χ4v) is 3.42. The number of fused-ring (bicyclic) bond motifs is 1. The lowest BCUT2D eigenvalue weighted by Crippen LogP contribution is -2.40. The summed E-state index contributed by atoms with van der Waals surface area (Å²) >= 11 is 0. The minimum absolute atomic E-state index is 0.204. The van der Waals surface area contributed by atoms with Gasteiger partial charge in [-0.25, -0.2) is 4.98 Å². The summed E-state index contributed by atoms with van der Waals surface area (Å²) in [7, 11) is -0.556. The normalized spacial score (nSPS) is 12.0. The van der Waals surface area contributed by atoms with Crippen LogP contribution in [-0.2, 0) is 16.8 Å². The highest BCUT2D eigenvalue weighted by Gasteiger charge is 2.26. The summed E-state index contributed by atoms with van der Waals surface area (Å²) in [5, 5.41) is 0. The molecule has 0 saturated heterocycles. The third kappa shape index (κ3) is 2.93. The number of hydrogen-bond acceptors (Lipinski definition) is 3. The molecule has 6 nitrogen and oxygen atoms in total. The van der Waals surface area contributed by atoms with Gasteiger partial charge < -0.3 is 4.40 Å². The number of imidazole rings is 1. The van der Waals surface area contributed by atoms with Gasteiger partial charge >= 0.3 is 10.2 Å². The second-order valence-electron chi connectivity index (χ2n) is 5.31. The zero-order chi connectivity index (χ0) is 16.4. The Hall–Kier alpha value is -2.38. The number of anilines is 1. The van der Waals surface area contributed by atoms with Gasteiger partial charge in [-0.15, -0.1) is 0 Å². The van der Waals surface area contributed by atoms with Crippen LogP contribution in [0.4, 0.5) is 5.69 Å². The molecule has 0 amide bonds. The van der Waals surface area contributed by atoms with Gasteiger partial charge in [0.2, 0.25) is 0 Å². The number of rotatable bonds is 5. The minimum Gasteiger partial charge on any atom is -0.302 e. The van der Waals surface area contributed by atoms with Crippen LogP contribution >= 0.6 is 0 Å². The molecule has 0 N–H and O–H groups in total. The van der Waals surface area contributed by atoms with E-state index in [0.717, 1.165) is 11.3 Å². The number of hydrogen-bond donors (Lipinski definition) is 0. The van der Waals surface area contributed by atoms with E-state index in [1.807, 2.05) is 47.0 Å². The predicted molar refractivity (Wildman–Crippen MR) is 90.4 cm³/mol. The predicted octanol–water partition coefficient (Wildman–Crippen LogP) is 2.15. The molecular formula is C16H18N4O2S.